The van der Waals surface area contributed by atoms with Gasteiger partial charge in [-0.2, -0.15) is 5.10 Å². The van der Waals surface area contributed by atoms with Crippen molar-refractivity contribution in [2.75, 3.05) is 13.2 Å². The van der Waals surface area contributed by atoms with Crippen LogP contribution in [-0.2, 0) is 13.7 Å². The molecule has 21 heavy (non-hydrogen) atoms. The maximum absolute atomic E-state index is 5.89. The van der Waals surface area contributed by atoms with Crippen LogP contribution < -0.4 is 4.74 Å². The van der Waals surface area contributed by atoms with Crippen LogP contribution in [0.15, 0.2) is 36.7 Å². The second-order valence-electron chi connectivity index (χ2n) is 5.40. The fourth-order valence-electron chi connectivity index (χ4n) is 2.67. The van der Waals surface area contributed by atoms with Crippen LogP contribution in [0, 0.1) is 4.77 Å². The molecule has 1 atom stereocenters. The van der Waals surface area contributed by atoms with Gasteiger partial charge in [0.25, 0.3) is 0 Å². The lowest BCUT2D eigenvalue weighted by molar-refractivity contribution is 0.136. The van der Waals surface area contributed by atoms with Gasteiger partial charge in [-0.3, -0.25) is 4.90 Å². The van der Waals surface area contributed by atoms with Crippen molar-refractivity contribution in [1.29, 1.82) is 0 Å². The average Bonchev–Trinajstić information content (AvgIpc) is 3.08. The number of ether oxygens (including phenoxy) is 1. The highest BCUT2D eigenvalue weighted by Crippen LogP contribution is 2.19. The molecule has 3 rings (SSSR count). The van der Waals surface area contributed by atoms with E-state index in [9.17, 15) is 0 Å². The normalized spacial score (nSPS) is 19.0. The highest BCUT2D eigenvalue weighted by atomic mass is 32.1. The van der Waals surface area contributed by atoms with E-state index in [-0.39, 0.29) is 0 Å². The van der Waals surface area contributed by atoms with Gasteiger partial charge in [0.15, 0.2) is 4.77 Å². The van der Waals surface area contributed by atoms with Gasteiger partial charge in [-0.05, 0) is 37.2 Å². The number of nitrogens with zero attached hydrogens (tertiary/aromatic N) is 4. The minimum Gasteiger partial charge on any atom is -0.492 e. The first kappa shape index (κ1) is 14.3. The van der Waals surface area contributed by atoms with Crippen molar-refractivity contribution in [3.05, 3.63) is 41.4 Å². The number of hydrogen-bond donors (Lipinski definition) is 0. The highest BCUT2D eigenvalue weighted by molar-refractivity contribution is 7.71. The van der Waals surface area contributed by atoms with E-state index in [4.69, 9.17) is 17.0 Å². The van der Waals surface area contributed by atoms with E-state index in [1.807, 2.05) is 46.6 Å². The Kier molecular flexibility index (Phi) is 4.36. The van der Waals surface area contributed by atoms with Gasteiger partial charge in [-0.15, -0.1) is 0 Å². The van der Waals surface area contributed by atoms with Gasteiger partial charge in [0.2, 0.25) is 0 Å². The number of benzene rings is 1. The number of para-hydroxylation sites is 1. The van der Waals surface area contributed by atoms with Crippen LogP contribution in [0.1, 0.15) is 12.8 Å². The quantitative estimate of drug-likeness (QED) is 0.795. The monoisotopic (exact) mass is 304 g/mol. The Morgan fingerprint density at radius 1 is 1.33 bits per heavy atom. The van der Waals surface area contributed by atoms with E-state index in [2.05, 4.69) is 10.00 Å². The van der Waals surface area contributed by atoms with Crippen molar-refractivity contribution < 1.29 is 4.74 Å². The molecule has 2 aromatic rings. The topological polar surface area (TPSA) is 35.2 Å². The van der Waals surface area contributed by atoms with Gasteiger partial charge in [0, 0.05) is 19.6 Å². The fourth-order valence-corrected chi connectivity index (χ4v) is 2.82. The fraction of sp³-hybridized carbons (Fsp3) is 0.467. The maximum Gasteiger partial charge on any atom is 0.198 e. The lowest BCUT2D eigenvalue weighted by Gasteiger charge is -2.24. The maximum atomic E-state index is 5.89. The van der Waals surface area contributed by atoms with E-state index in [1.54, 1.807) is 6.33 Å². The summed E-state index contributed by atoms with van der Waals surface area (Å²) in [4.78, 5) is 2.39. The SMILES string of the molecule is Cn1cnn(CN2CCCC2COc2ccccc2)c1=S. The van der Waals surface area contributed by atoms with Crippen molar-refractivity contribution in [2.24, 2.45) is 7.05 Å². The van der Waals surface area contributed by atoms with Crippen LogP contribution in [0.25, 0.3) is 0 Å². The molecule has 0 radical (unpaired) electrons. The second-order valence-corrected chi connectivity index (χ2v) is 5.76. The molecular weight excluding hydrogens is 284 g/mol. The third-order valence-electron chi connectivity index (χ3n) is 3.89. The Hall–Kier alpha value is -1.66. The van der Waals surface area contributed by atoms with Crippen LogP contribution in [0.4, 0.5) is 0 Å². The standard InChI is InChI=1S/C15H20N4OS/c1-17-11-16-19(15(17)21)12-18-9-5-6-13(18)10-20-14-7-3-2-4-8-14/h2-4,7-8,11,13H,5-6,9-10,12H2,1H3. The molecule has 2 heterocycles. The zero-order valence-corrected chi connectivity index (χ0v) is 13.0. The Morgan fingerprint density at radius 3 is 2.86 bits per heavy atom. The summed E-state index contributed by atoms with van der Waals surface area (Å²) in [6.45, 7) is 2.52. The minimum atomic E-state index is 0.425. The second kappa shape index (κ2) is 6.41. The molecule has 0 saturated carbocycles. The first-order valence-electron chi connectivity index (χ1n) is 7.24. The van der Waals surface area contributed by atoms with Gasteiger partial charge < -0.3 is 9.30 Å². The van der Waals surface area contributed by atoms with E-state index < -0.39 is 0 Å². The van der Waals surface area contributed by atoms with Crippen molar-refractivity contribution in [2.45, 2.75) is 25.6 Å². The summed E-state index contributed by atoms with van der Waals surface area (Å²) in [5, 5.41) is 4.32. The number of likely N-dealkylation sites (tertiary alicyclic amines) is 1. The lowest BCUT2D eigenvalue weighted by atomic mass is 10.2. The first-order valence-corrected chi connectivity index (χ1v) is 7.65. The van der Waals surface area contributed by atoms with E-state index >= 15 is 0 Å². The largest absolute Gasteiger partial charge is 0.492 e. The number of rotatable bonds is 5. The molecule has 1 aromatic carbocycles. The smallest absolute Gasteiger partial charge is 0.198 e. The van der Waals surface area contributed by atoms with E-state index in [1.165, 1.54) is 6.42 Å². The van der Waals surface area contributed by atoms with E-state index in [0.717, 1.165) is 30.2 Å². The molecule has 0 amide bonds. The molecule has 1 unspecified atom stereocenters. The molecule has 0 N–H and O–H groups in total. The summed E-state index contributed by atoms with van der Waals surface area (Å²) in [5.74, 6) is 0.929. The molecule has 0 spiro atoms. The Morgan fingerprint density at radius 2 is 2.14 bits per heavy atom. The van der Waals surface area contributed by atoms with Gasteiger partial charge in [0.1, 0.15) is 18.7 Å². The third-order valence-corrected chi connectivity index (χ3v) is 4.39. The van der Waals surface area contributed by atoms with Crippen LogP contribution >= 0.6 is 12.2 Å². The van der Waals surface area contributed by atoms with Crippen LogP contribution in [0.2, 0.25) is 0 Å². The summed E-state index contributed by atoms with van der Waals surface area (Å²) >= 11 is 5.35. The van der Waals surface area contributed by atoms with Gasteiger partial charge >= 0.3 is 0 Å². The van der Waals surface area contributed by atoms with Gasteiger partial charge in [-0.25, -0.2) is 4.68 Å². The van der Waals surface area contributed by atoms with Crippen LogP contribution in [-0.4, -0.2) is 38.4 Å². The van der Waals surface area contributed by atoms with E-state index in [0.29, 0.717) is 12.6 Å². The molecule has 1 aliphatic rings. The molecular formula is C15H20N4OS. The summed E-state index contributed by atoms with van der Waals surface area (Å²) in [6, 6.07) is 10.4. The molecule has 0 aliphatic carbocycles. The predicted molar refractivity (Wildman–Crippen MR) is 83.7 cm³/mol. The number of aromatic nitrogens is 3. The average molecular weight is 304 g/mol. The molecule has 1 saturated heterocycles. The minimum absolute atomic E-state index is 0.425. The number of hydrogen-bond acceptors (Lipinski definition) is 4. The van der Waals surface area contributed by atoms with Crippen LogP contribution in [0.3, 0.4) is 0 Å². The predicted octanol–water partition coefficient (Wildman–Crippen LogP) is 2.45. The zero-order valence-electron chi connectivity index (χ0n) is 12.2. The highest BCUT2D eigenvalue weighted by Gasteiger charge is 2.25. The number of aryl methyl sites for hydroxylation is 1. The van der Waals surface area contributed by atoms with Crippen LogP contribution in [0.5, 0.6) is 5.75 Å². The molecule has 6 heteroatoms. The van der Waals surface area contributed by atoms with Gasteiger partial charge in [0.05, 0.1) is 6.67 Å². The summed E-state index contributed by atoms with van der Waals surface area (Å²) < 4.78 is 10.4. The molecule has 1 aromatic heterocycles. The lowest BCUT2D eigenvalue weighted by Crippen LogP contribution is -2.36. The summed E-state index contributed by atoms with van der Waals surface area (Å²) in [7, 11) is 1.92. The van der Waals surface area contributed by atoms with Crippen molar-refractivity contribution in [1.82, 2.24) is 19.2 Å². The molecule has 1 fully saturated rings. The molecule has 0 bridgehead atoms. The summed E-state index contributed by atoms with van der Waals surface area (Å²) in [5.41, 5.74) is 0. The molecule has 112 valence electrons. The molecule has 5 nitrogen and oxygen atoms in total. The Balaban J connectivity index is 1.60. The van der Waals surface area contributed by atoms with Crippen molar-refractivity contribution >= 4 is 12.2 Å². The van der Waals surface area contributed by atoms with Crippen molar-refractivity contribution in [3.63, 3.8) is 0 Å². The first-order chi connectivity index (χ1) is 10.2. The molecule has 1 aliphatic heterocycles. The Labute approximate surface area is 129 Å². The van der Waals surface area contributed by atoms with Crippen molar-refractivity contribution in [3.8, 4) is 5.75 Å². The Bertz CT molecular complexity index is 637. The third kappa shape index (κ3) is 3.33. The van der Waals surface area contributed by atoms with Gasteiger partial charge in [-0.1, -0.05) is 18.2 Å². The zero-order chi connectivity index (χ0) is 14.7. The summed E-state index contributed by atoms with van der Waals surface area (Å²) in [6.07, 6.45) is 4.11.